The van der Waals surface area contributed by atoms with Crippen LogP contribution in [0.5, 0.6) is 0 Å². The van der Waals surface area contributed by atoms with Crippen LogP contribution < -0.4 is 11.3 Å². The number of unbranched alkanes of at least 4 members (excludes halogenated alkanes) is 1. The van der Waals surface area contributed by atoms with Crippen molar-refractivity contribution < 1.29 is 0 Å². The van der Waals surface area contributed by atoms with Crippen LogP contribution in [0.15, 0.2) is 12.7 Å². The third-order valence-corrected chi connectivity index (χ3v) is 3.54. The van der Waals surface area contributed by atoms with Gasteiger partial charge in [-0.2, -0.15) is 0 Å². The van der Waals surface area contributed by atoms with E-state index in [1.54, 1.807) is 0 Å². The molecule has 0 aromatic rings. The molecule has 1 unspecified atom stereocenters. The second-order valence-electron chi connectivity index (χ2n) is 4.82. The molecule has 88 valence electrons. The summed E-state index contributed by atoms with van der Waals surface area (Å²) in [4.78, 5) is 0. The van der Waals surface area contributed by atoms with Gasteiger partial charge in [0.25, 0.3) is 0 Å². The van der Waals surface area contributed by atoms with E-state index in [4.69, 9.17) is 5.84 Å². The number of rotatable bonds is 7. The van der Waals surface area contributed by atoms with Crippen LogP contribution in [0.25, 0.3) is 0 Å². The fourth-order valence-corrected chi connectivity index (χ4v) is 2.60. The molecule has 15 heavy (non-hydrogen) atoms. The lowest BCUT2D eigenvalue weighted by Crippen LogP contribution is -2.36. The Morgan fingerprint density at radius 2 is 2.07 bits per heavy atom. The Bertz CT molecular complexity index is 162. The van der Waals surface area contributed by atoms with Gasteiger partial charge in [0, 0.05) is 6.04 Å². The van der Waals surface area contributed by atoms with Crippen LogP contribution in [0.1, 0.15) is 57.8 Å². The predicted octanol–water partition coefficient (Wildman–Crippen LogP) is 3.15. The van der Waals surface area contributed by atoms with E-state index < -0.39 is 0 Å². The van der Waals surface area contributed by atoms with Crippen molar-refractivity contribution >= 4 is 0 Å². The van der Waals surface area contributed by atoms with Crippen molar-refractivity contribution in [2.24, 2.45) is 11.8 Å². The highest BCUT2D eigenvalue weighted by atomic mass is 15.2. The standard InChI is InChI=1S/C13H26N2/c1-2-3-5-10-13(15-14)11-12-8-6-4-7-9-12/h2,12-13,15H,1,3-11,14H2. The minimum absolute atomic E-state index is 0.521. The third-order valence-electron chi connectivity index (χ3n) is 3.54. The van der Waals surface area contributed by atoms with E-state index in [0.29, 0.717) is 6.04 Å². The molecule has 0 bridgehead atoms. The SMILES string of the molecule is C=CCCCC(CC1CCCCC1)NN. The van der Waals surface area contributed by atoms with E-state index in [9.17, 15) is 0 Å². The van der Waals surface area contributed by atoms with E-state index >= 15 is 0 Å². The summed E-state index contributed by atoms with van der Waals surface area (Å²) >= 11 is 0. The van der Waals surface area contributed by atoms with Gasteiger partial charge in [0.05, 0.1) is 0 Å². The molecule has 1 fully saturated rings. The van der Waals surface area contributed by atoms with Crippen LogP contribution in [0.4, 0.5) is 0 Å². The molecule has 0 aromatic carbocycles. The summed E-state index contributed by atoms with van der Waals surface area (Å²) in [6.07, 6.45) is 13.9. The second kappa shape index (κ2) is 7.89. The van der Waals surface area contributed by atoms with E-state index in [-0.39, 0.29) is 0 Å². The Morgan fingerprint density at radius 3 is 2.67 bits per heavy atom. The van der Waals surface area contributed by atoms with Crippen LogP contribution in [0.3, 0.4) is 0 Å². The summed E-state index contributed by atoms with van der Waals surface area (Å²) in [5.41, 5.74) is 2.97. The van der Waals surface area contributed by atoms with Gasteiger partial charge in [0.2, 0.25) is 0 Å². The number of nitrogens with one attached hydrogen (secondary N) is 1. The zero-order valence-electron chi connectivity index (χ0n) is 9.88. The van der Waals surface area contributed by atoms with Gasteiger partial charge < -0.3 is 0 Å². The Balaban J connectivity index is 2.16. The van der Waals surface area contributed by atoms with Gasteiger partial charge in [0.1, 0.15) is 0 Å². The Kier molecular flexibility index (Phi) is 6.69. The van der Waals surface area contributed by atoms with Crippen LogP contribution in [0.2, 0.25) is 0 Å². The van der Waals surface area contributed by atoms with Gasteiger partial charge in [-0.05, 0) is 31.6 Å². The molecule has 0 heterocycles. The average molecular weight is 210 g/mol. The van der Waals surface area contributed by atoms with Crippen LogP contribution >= 0.6 is 0 Å². The minimum atomic E-state index is 0.521. The van der Waals surface area contributed by atoms with Crippen molar-refractivity contribution in [2.75, 3.05) is 0 Å². The second-order valence-corrected chi connectivity index (χ2v) is 4.82. The van der Waals surface area contributed by atoms with Gasteiger partial charge in [-0.3, -0.25) is 11.3 Å². The normalized spacial score (nSPS) is 20.1. The summed E-state index contributed by atoms with van der Waals surface area (Å²) in [7, 11) is 0. The molecule has 0 radical (unpaired) electrons. The maximum Gasteiger partial charge on any atom is 0.0213 e. The van der Waals surface area contributed by atoms with Crippen molar-refractivity contribution in [3.05, 3.63) is 12.7 Å². The molecule has 1 rings (SSSR count). The molecular weight excluding hydrogens is 184 g/mol. The summed E-state index contributed by atoms with van der Waals surface area (Å²) < 4.78 is 0. The maximum absolute atomic E-state index is 5.60. The van der Waals surface area contributed by atoms with Crippen LogP contribution in [-0.2, 0) is 0 Å². The molecular formula is C13H26N2. The van der Waals surface area contributed by atoms with Gasteiger partial charge in [0.15, 0.2) is 0 Å². The maximum atomic E-state index is 5.60. The molecule has 1 saturated carbocycles. The zero-order chi connectivity index (χ0) is 10.9. The summed E-state index contributed by atoms with van der Waals surface area (Å²) in [6, 6.07) is 0.521. The monoisotopic (exact) mass is 210 g/mol. The number of hydrazine groups is 1. The lowest BCUT2D eigenvalue weighted by Gasteiger charge is -2.26. The average Bonchev–Trinajstić information content (AvgIpc) is 2.29. The first-order valence-corrected chi connectivity index (χ1v) is 6.44. The molecule has 3 N–H and O–H groups in total. The lowest BCUT2D eigenvalue weighted by atomic mass is 9.84. The first kappa shape index (κ1) is 12.7. The molecule has 0 amide bonds. The number of hydrogen-bond donors (Lipinski definition) is 2. The highest BCUT2D eigenvalue weighted by Gasteiger charge is 2.17. The predicted molar refractivity (Wildman–Crippen MR) is 66.4 cm³/mol. The fraction of sp³-hybridized carbons (Fsp3) is 0.846. The van der Waals surface area contributed by atoms with Crippen molar-refractivity contribution in [1.82, 2.24) is 5.43 Å². The highest BCUT2D eigenvalue weighted by Crippen LogP contribution is 2.28. The molecule has 2 heteroatoms. The number of allylic oxidation sites excluding steroid dienone is 1. The molecule has 1 atom stereocenters. The Hall–Kier alpha value is -0.340. The quantitative estimate of drug-likeness (QED) is 0.293. The van der Waals surface area contributed by atoms with Crippen LogP contribution in [-0.4, -0.2) is 6.04 Å². The van der Waals surface area contributed by atoms with E-state index in [2.05, 4.69) is 12.0 Å². The number of nitrogens with two attached hydrogens (primary N) is 1. The van der Waals surface area contributed by atoms with Gasteiger partial charge in [-0.25, -0.2) is 0 Å². The van der Waals surface area contributed by atoms with Crippen molar-refractivity contribution in [1.29, 1.82) is 0 Å². The van der Waals surface area contributed by atoms with Crippen molar-refractivity contribution in [2.45, 2.75) is 63.8 Å². The molecule has 0 aliphatic heterocycles. The van der Waals surface area contributed by atoms with Gasteiger partial charge in [-0.15, -0.1) is 6.58 Å². The van der Waals surface area contributed by atoms with Crippen LogP contribution in [0, 0.1) is 5.92 Å². The van der Waals surface area contributed by atoms with Crippen molar-refractivity contribution in [3.63, 3.8) is 0 Å². The molecule has 2 nitrogen and oxygen atoms in total. The molecule has 0 aromatic heterocycles. The summed E-state index contributed by atoms with van der Waals surface area (Å²) in [5, 5.41) is 0. The first-order valence-electron chi connectivity index (χ1n) is 6.44. The lowest BCUT2D eigenvalue weighted by molar-refractivity contribution is 0.290. The Labute approximate surface area is 94.3 Å². The molecule has 0 spiro atoms. The largest absolute Gasteiger partial charge is 0.271 e. The van der Waals surface area contributed by atoms with Gasteiger partial charge in [-0.1, -0.05) is 38.2 Å². The smallest absolute Gasteiger partial charge is 0.0213 e. The molecule has 0 saturated heterocycles. The number of hydrogen-bond acceptors (Lipinski definition) is 2. The molecule has 1 aliphatic carbocycles. The van der Waals surface area contributed by atoms with E-state index in [1.165, 1.54) is 51.4 Å². The van der Waals surface area contributed by atoms with Crippen molar-refractivity contribution in [3.8, 4) is 0 Å². The van der Waals surface area contributed by atoms with E-state index in [1.807, 2.05) is 6.08 Å². The Morgan fingerprint density at radius 1 is 1.33 bits per heavy atom. The topological polar surface area (TPSA) is 38.0 Å². The van der Waals surface area contributed by atoms with Gasteiger partial charge >= 0.3 is 0 Å². The molecule has 1 aliphatic rings. The minimum Gasteiger partial charge on any atom is -0.271 e. The summed E-state index contributed by atoms with van der Waals surface area (Å²) in [5.74, 6) is 6.52. The third kappa shape index (κ3) is 5.33. The highest BCUT2D eigenvalue weighted by molar-refractivity contribution is 4.75. The fourth-order valence-electron chi connectivity index (χ4n) is 2.60. The zero-order valence-corrected chi connectivity index (χ0v) is 9.88. The summed E-state index contributed by atoms with van der Waals surface area (Å²) in [6.45, 7) is 3.75. The first-order chi connectivity index (χ1) is 7.36. The van der Waals surface area contributed by atoms with E-state index in [0.717, 1.165) is 12.3 Å².